The lowest BCUT2D eigenvalue weighted by Crippen LogP contribution is -2.36. The molecule has 6 aromatic rings. The van der Waals surface area contributed by atoms with Crippen molar-refractivity contribution >= 4 is 0 Å². The van der Waals surface area contributed by atoms with Crippen molar-refractivity contribution in [1.82, 2.24) is 50.8 Å². The van der Waals surface area contributed by atoms with Gasteiger partial charge in [0.05, 0.1) is 19.0 Å². The highest BCUT2D eigenvalue weighted by atomic mass is 16.5. The quantitative estimate of drug-likeness (QED) is 0.0410. The van der Waals surface area contributed by atoms with E-state index in [1.54, 1.807) is 19.0 Å². The van der Waals surface area contributed by atoms with E-state index < -0.39 is 0 Å². The van der Waals surface area contributed by atoms with Gasteiger partial charge in [0.25, 0.3) is 0 Å². The maximum atomic E-state index is 6.39. The molecular formula is C42H54N10O3. The topological polar surface area (TPSA) is 153 Å². The molecule has 0 unspecified atom stereocenters. The van der Waals surface area contributed by atoms with Crippen LogP contribution >= 0.6 is 0 Å². The second-order valence-electron chi connectivity index (χ2n) is 13.2. The maximum absolute atomic E-state index is 6.39. The van der Waals surface area contributed by atoms with Gasteiger partial charge in [-0.1, -0.05) is 54.6 Å². The largest absolute Gasteiger partial charge is 0.492 e. The van der Waals surface area contributed by atoms with Crippen molar-refractivity contribution < 1.29 is 14.2 Å². The molecule has 3 aromatic carbocycles. The highest BCUT2D eigenvalue weighted by molar-refractivity contribution is 5.35. The third kappa shape index (κ3) is 13.7. The number of aromatic nitrogens is 6. The zero-order valence-electron chi connectivity index (χ0n) is 31.5. The van der Waals surface area contributed by atoms with E-state index in [2.05, 4.69) is 87.2 Å². The summed E-state index contributed by atoms with van der Waals surface area (Å²) in [5, 5.41) is 10.6. The van der Waals surface area contributed by atoms with E-state index in [4.69, 9.17) is 14.2 Å². The first kappa shape index (κ1) is 39.2. The minimum atomic E-state index is 0.541. The molecule has 6 rings (SSSR count). The molecule has 0 aliphatic carbocycles. The molecular weight excluding hydrogens is 693 g/mol. The van der Waals surface area contributed by atoms with E-state index in [9.17, 15) is 0 Å². The molecule has 290 valence electrons. The Bertz CT molecular complexity index is 1670. The Hall–Kier alpha value is -5.47. The first-order valence-electron chi connectivity index (χ1n) is 19.2. The van der Waals surface area contributed by atoms with Crippen LogP contribution in [0.4, 0.5) is 0 Å². The van der Waals surface area contributed by atoms with E-state index in [0.717, 1.165) is 129 Å². The van der Waals surface area contributed by atoms with Crippen molar-refractivity contribution in [3.63, 3.8) is 0 Å². The summed E-state index contributed by atoms with van der Waals surface area (Å²) >= 11 is 0. The summed E-state index contributed by atoms with van der Waals surface area (Å²) in [5.41, 5.74) is 6.76. The van der Waals surface area contributed by atoms with Crippen LogP contribution in [0.3, 0.4) is 0 Å². The van der Waals surface area contributed by atoms with Crippen molar-refractivity contribution in [3.8, 4) is 17.2 Å². The van der Waals surface area contributed by atoms with E-state index >= 15 is 0 Å². The summed E-state index contributed by atoms with van der Waals surface area (Å²) in [6, 6.07) is 24.7. The predicted octanol–water partition coefficient (Wildman–Crippen LogP) is 4.69. The minimum absolute atomic E-state index is 0.541. The number of nitrogens with one attached hydrogen (secondary N) is 6. The average Bonchev–Trinajstić information content (AvgIpc) is 4.04. The van der Waals surface area contributed by atoms with Crippen molar-refractivity contribution in [1.29, 1.82) is 0 Å². The molecule has 13 heteroatoms. The number of benzene rings is 3. The van der Waals surface area contributed by atoms with Crippen molar-refractivity contribution in [2.75, 3.05) is 59.1 Å². The molecule has 0 bridgehead atoms. The monoisotopic (exact) mass is 746 g/mol. The lowest BCUT2D eigenvalue weighted by atomic mass is 10.2. The Morgan fingerprint density at radius 3 is 1.09 bits per heavy atom. The number of para-hydroxylation sites is 3. The molecule has 0 radical (unpaired) electrons. The molecule has 0 fully saturated rings. The molecule has 3 heterocycles. The standard InChI is InChI=1S/C42H54N10O3/c1-4-10-40(34(7-1)25-43-16-13-37-28-46-31-49-37)53-22-19-52(20-23-54-41-11-5-2-8-35(41)26-44-17-14-38-29-47-32-50-38)21-24-55-42-12-6-3-9-36(42)27-45-18-15-39-30-48-33-51-39/h1-12,28-33,43-45H,13-27H2,(H,46,49)(H,47,50)(H,48,51). The smallest absolute Gasteiger partial charge is 0.123 e. The van der Waals surface area contributed by atoms with Gasteiger partial charge in [-0.05, 0) is 18.2 Å². The maximum Gasteiger partial charge on any atom is 0.123 e. The van der Waals surface area contributed by atoms with Crippen LogP contribution in [-0.2, 0) is 38.9 Å². The number of ether oxygens (including phenoxy) is 3. The fourth-order valence-corrected chi connectivity index (χ4v) is 6.16. The molecule has 0 saturated heterocycles. The van der Waals surface area contributed by atoms with Crippen LogP contribution in [0.1, 0.15) is 33.8 Å². The van der Waals surface area contributed by atoms with Gasteiger partial charge in [0.15, 0.2) is 0 Å². The summed E-state index contributed by atoms with van der Waals surface area (Å²) in [7, 11) is 0. The van der Waals surface area contributed by atoms with Crippen LogP contribution in [0.15, 0.2) is 110 Å². The average molecular weight is 747 g/mol. The first-order chi connectivity index (χ1) is 27.3. The Balaban J connectivity index is 1.000. The molecule has 0 aliphatic rings. The van der Waals surface area contributed by atoms with Gasteiger partial charge in [0.1, 0.15) is 37.1 Å². The number of nitrogens with zero attached hydrogens (tertiary/aromatic N) is 4. The van der Waals surface area contributed by atoms with E-state index in [1.165, 1.54) is 0 Å². The zero-order valence-corrected chi connectivity index (χ0v) is 31.5. The van der Waals surface area contributed by atoms with Crippen molar-refractivity contribution in [2.24, 2.45) is 0 Å². The molecule has 0 saturated carbocycles. The fourth-order valence-electron chi connectivity index (χ4n) is 6.16. The Kier molecular flexibility index (Phi) is 16.2. The highest BCUT2D eigenvalue weighted by Gasteiger charge is 2.11. The van der Waals surface area contributed by atoms with Gasteiger partial charge in [-0.25, -0.2) is 15.0 Å². The Morgan fingerprint density at radius 2 is 0.782 bits per heavy atom. The number of H-pyrrole nitrogens is 3. The van der Waals surface area contributed by atoms with Crippen LogP contribution in [0.2, 0.25) is 0 Å². The SMILES string of the molecule is c1ccc(OCCN(CCOc2ccccc2CNCCc2cnc[nH]2)CCOc2ccccc2CNCCc2cnc[nH]2)c(CNCCc2cnc[nH]2)c1. The van der Waals surface area contributed by atoms with Gasteiger partial charge in [-0.3, -0.25) is 4.90 Å². The van der Waals surface area contributed by atoms with Gasteiger partial charge < -0.3 is 45.1 Å². The molecule has 55 heavy (non-hydrogen) atoms. The molecule has 0 aliphatic heterocycles. The Labute approximate surface area is 323 Å². The number of imidazole rings is 3. The van der Waals surface area contributed by atoms with Gasteiger partial charge >= 0.3 is 0 Å². The van der Waals surface area contributed by atoms with Crippen LogP contribution in [-0.4, -0.2) is 93.9 Å². The van der Waals surface area contributed by atoms with E-state index in [1.807, 2.05) is 55.0 Å². The minimum Gasteiger partial charge on any atom is -0.492 e. The number of aromatic amines is 3. The molecule has 0 spiro atoms. The fraction of sp³-hybridized carbons (Fsp3) is 0.357. The van der Waals surface area contributed by atoms with Gasteiger partial charge in [0, 0.05) is 131 Å². The Morgan fingerprint density at radius 1 is 0.455 bits per heavy atom. The molecule has 0 atom stereocenters. The van der Waals surface area contributed by atoms with Crippen LogP contribution < -0.4 is 30.2 Å². The van der Waals surface area contributed by atoms with Crippen molar-refractivity contribution in [2.45, 2.75) is 38.9 Å². The first-order valence-corrected chi connectivity index (χ1v) is 19.2. The zero-order chi connectivity index (χ0) is 37.6. The molecule has 0 amide bonds. The molecule has 6 N–H and O–H groups in total. The molecule has 3 aromatic heterocycles. The number of hydrogen-bond acceptors (Lipinski definition) is 10. The van der Waals surface area contributed by atoms with Gasteiger partial charge in [-0.15, -0.1) is 0 Å². The lowest BCUT2D eigenvalue weighted by molar-refractivity contribution is 0.152. The third-order valence-corrected chi connectivity index (χ3v) is 9.24. The predicted molar refractivity (Wildman–Crippen MR) is 214 cm³/mol. The summed E-state index contributed by atoms with van der Waals surface area (Å²) in [5.74, 6) is 2.69. The van der Waals surface area contributed by atoms with E-state index in [-0.39, 0.29) is 0 Å². The van der Waals surface area contributed by atoms with Crippen LogP contribution in [0.5, 0.6) is 17.2 Å². The van der Waals surface area contributed by atoms with E-state index in [0.29, 0.717) is 19.8 Å². The normalized spacial score (nSPS) is 11.3. The van der Waals surface area contributed by atoms with Gasteiger partial charge in [-0.2, -0.15) is 0 Å². The summed E-state index contributed by atoms with van der Waals surface area (Å²) in [6.45, 7) is 8.51. The highest BCUT2D eigenvalue weighted by Crippen LogP contribution is 2.20. The van der Waals surface area contributed by atoms with Crippen LogP contribution in [0.25, 0.3) is 0 Å². The number of rotatable bonds is 27. The van der Waals surface area contributed by atoms with Crippen molar-refractivity contribution in [3.05, 3.63) is 144 Å². The third-order valence-electron chi connectivity index (χ3n) is 9.24. The summed E-state index contributed by atoms with van der Waals surface area (Å²) in [6.07, 6.45) is 13.4. The molecule has 13 nitrogen and oxygen atoms in total. The summed E-state index contributed by atoms with van der Waals surface area (Å²) in [4.78, 5) is 24.1. The number of hydrogen-bond donors (Lipinski definition) is 6. The second kappa shape index (κ2) is 22.7. The lowest BCUT2D eigenvalue weighted by Gasteiger charge is -2.24. The van der Waals surface area contributed by atoms with Crippen LogP contribution in [0, 0.1) is 0 Å². The second-order valence-corrected chi connectivity index (χ2v) is 13.2. The summed E-state index contributed by atoms with van der Waals surface area (Å²) < 4.78 is 19.2. The van der Waals surface area contributed by atoms with Gasteiger partial charge in [0.2, 0.25) is 0 Å².